The number of aryl methyl sites for hydroxylation is 1. The Hall–Kier alpha value is -1.07. The summed E-state index contributed by atoms with van der Waals surface area (Å²) in [6, 6.07) is 3.41. The van der Waals surface area contributed by atoms with E-state index >= 15 is 0 Å². The second kappa shape index (κ2) is 7.38. The van der Waals surface area contributed by atoms with Gasteiger partial charge >= 0.3 is 5.97 Å². The van der Waals surface area contributed by atoms with Gasteiger partial charge in [0.25, 0.3) is 0 Å². The van der Waals surface area contributed by atoms with E-state index in [0.717, 1.165) is 30.4 Å². The molecule has 1 rings (SSSR count). The van der Waals surface area contributed by atoms with Gasteiger partial charge in [0.1, 0.15) is 0 Å². The van der Waals surface area contributed by atoms with Crippen LogP contribution >= 0.6 is 11.8 Å². The molecular weight excluding hydrogens is 248 g/mol. The van der Waals surface area contributed by atoms with Gasteiger partial charge in [-0.3, -0.25) is 0 Å². The molecule has 0 spiro atoms. The van der Waals surface area contributed by atoms with E-state index in [9.17, 15) is 4.79 Å². The topological polar surface area (TPSA) is 53.4 Å². The fourth-order valence-electron chi connectivity index (χ4n) is 1.66. The largest absolute Gasteiger partial charge is 0.478 e. The van der Waals surface area contributed by atoms with Crippen LogP contribution in [0, 0.1) is 6.92 Å². The van der Waals surface area contributed by atoms with Crippen LogP contribution in [0.5, 0.6) is 0 Å². The standard InChI is InChI=1S/C13H20N2O2S/c1-4-15(5-2)8-9-18-12-7-6-11(13(16)17)10(3)14-12/h6-7H,4-5,8-9H2,1-3H3,(H,16,17). The summed E-state index contributed by atoms with van der Waals surface area (Å²) in [5.74, 6) is 0.0558. The van der Waals surface area contributed by atoms with E-state index in [1.807, 2.05) is 0 Å². The molecule has 0 aliphatic carbocycles. The zero-order chi connectivity index (χ0) is 13.5. The highest BCUT2D eigenvalue weighted by molar-refractivity contribution is 7.99. The third kappa shape index (κ3) is 4.31. The first kappa shape index (κ1) is 15.0. The van der Waals surface area contributed by atoms with Crippen LogP contribution in [0.3, 0.4) is 0 Å². The Morgan fingerprint density at radius 1 is 1.39 bits per heavy atom. The van der Waals surface area contributed by atoms with Crippen LogP contribution in [0.1, 0.15) is 29.9 Å². The molecule has 0 aliphatic rings. The number of carboxylic acid groups (broad SMARTS) is 1. The molecule has 4 nitrogen and oxygen atoms in total. The number of rotatable bonds is 7. The number of hydrogen-bond donors (Lipinski definition) is 1. The van der Waals surface area contributed by atoms with Crippen molar-refractivity contribution in [2.45, 2.75) is 25.8 Å². The molecule has 0 saturated carbocycles. The summed E-state index contributed by atoms with van der Waals surface area (Å²) in [6.45, 7) is 9.18. The highest BCUT2D eigenvalue weighted by Gasteiger charge is 2.09. The van der Waals surface area contributed by atoms with Crippen LogP contribution in [-0.2, 0) is 0 Å². The van der Waals surface area contributed by atoms with Gasteiger partial charge in [0.2, 0.25) is 0 Å². The summed E-state index contributed by atoms with van der Waals surface area (Å²) >= 11 is 1.67. The monoisotopic (exact) mass is 268 g/mol. The van der Waals surface area contributed by atoms with E-state index < -0.39 is 5.97 Å². The Morgan fingerprint density at radius 2 is 2.06 bits per heavy atom. The molecule has 0 fully saturated rings. The lowest BCUT2D eigenvalue weighted by Gasteiger charge is -2.17. The zero-order valence-corrected chi connectivity index (χ0v) is 12.0. The fraction of sp³-hybridized carbons (Fsp3) is 0.538. The van der Waals surface area contributed by atoms with Gasteiger partial charge in [-0.25, -0.2) is 9.78 Å². The Morgan fingerprint density at radius 3 is 2.56 bits per heavy atom. The molecule has 0 aromatic carbocycles. The van der Waals surface area contributed by atoms with E-state index in [4.69, 9.17) is 5.11 Å². The van der Waals surface area contributed by atoms with Crippen LogP contribution in [0.25, 0.3) is 0 Å². The summed E-state index contributed by atoms with van der Waals surface area (Å²) in [6.07, 6.45) is 0. The Bertz CT molecular complexity index is 406. The highest BCUT2D eigenvalue weighted by Crippen LogP contribution is 2.17. The molecule has 1 heterocycles. The number of carboxylic acids is 1. The summed E-state index contributed by atoms with van der Waals surface area (Å²) < 4.78 is 0. The maximum absolute atomic E-state index is 10.9. The van der Waals surface area contributed by atoms with Gasteiger partial charge < -0.3 is 10.0 Å². The van der Waals surface area contributed by atoms with Crippen LogP contribution in [-0.4, -0.2) is 46.3 Å². The quantitative estimate of drug-likeness (QED) is 0.770. The third-order valence-electron chi connectivity index (χ3n) is 2.84. The minimum Gasteiger partial charge on any atom is -0.478 e. The molecule has 1 aromatic heterocycles. The average molecular weight is 268 g/mol. The predicted octanol–water partition coefficient (Wildman–Crippen LogP) is 2.52. The number of thioether (sulfide) groups is 1. The van der Waals surface area contributed by atoms with Gasteiger partial charge in [-0.2, -0.15) is 0 Å². The SMILES string of the molecule is CCN(CC)CCSc1ccc(C(=O)O)c(C)n1. The molecule has 100 valence electrons. The second-order valence-electron chi connectivity index (χ2n) is 3.96. The molecule has 0 bridgehead atoms. The Kier molecular flexibility index (Phi) is 6.15. The van der Waals surface area contributed by atoms with E-state index in [1.165, 1.54) is 0 Å². The molecule has 0 unspecified atom stereocenters. The number of pyridine rings is 1. The third-order valence-corrected chi connectivity index (χ3v) is 3.75. The van der Waals surface area contributed by atoms with Gasteiger partial charge in [0.05, 0.1) is 16.3 Å². The number of aromatic carboxylic acids is 1. The van der Waals surface area contributed by atoms with Crippen LogP contribution in [0.4, 0.5) is 0 Å². The van der Waals surface area contributed by atoms with E-state index in [2.05, 4.69) is 23.7 Å². The van der Waals surface area contributed by atoms with Crippen molar-refractivity contribution < 1.29 is 9.90 Å². The van der Waals surface area contributed by atoms with Crippen molar-refractivity contribution in [3.05, 3.63) is 23.4 Å². The summed E-state index contributed by atoms with van der Waals surface area (Å²) in [5, 5.41) is 9.81. The smallest absolute Gasteiger partial charge is 0.337 e. The maximum Gasteiger partial charge on any atom is 0.337 e. The van der Waals surface area contributed by atoms with Crippen molar-refractivity contribution in [2.75, 3.05) is 25.4 Å². The second-order valence-corrected chi connectivity index (χ2v) is 5.08. The first-order valence-corrected chi connectivity index (χ1v) is 7.13. The van der Waals surface area contributed by atoms with Crippen molar-refractivity contribution in [3.63, 3.8) is 0 Å². The summed E-state index contributed by atoms with van der Waals surface area (Å²) in [7, 11) is 0. The first-order valence-electron chi connectivity index (χ1n) is 6.14. The van der Waals surface area contributed by atoms with E-state index in [-0.39, 0.29) is 5.56 Å². The first-order chi connectivity index (χ1) is 8.58. The van der Waals surface area contributed by atoms with Crippen LogP contribution in [0.2, 0.25) is 0 Å². The molecule has 0 radical (unpaired) electrons. The molecule has 5 heteroatoms. The van der Waals surface area contributed by atoms with Crippen molar-refractivity contribution in [1.29, 1.82) is 0 Å². The normalized spacial score (nSPS) is 10.9. The van der Waals surface area contributed by atoms with Gasteiger partial charge in [0, 0.05) is 12.3 Å². The van der Waals surface area contributed by atoms with Crippen molar-refractivity contribution in [2.24, 2.45) is 0 Å². The number of nitrogens with zero attached hydrogens (tertiary/aromatic N) is 2. The maximum atomic E-state index is 10.9. The van der Waals surface area contributed by atoms with Gasteiger partial charge in [-0.15, -0.1) is 11.8 Å². The predicted molar refractivity (Wildman–Crippen MR) is 74.4 cm³/mol. The molecule has 1 N–H and O–H groups in total. The number of carbonyl (C=O) groups is 1. The fourth-order valence-corrected chi connectivity index (χ4v) is 2.59. The summed E-state index contributed by atoms with van der Waals surface area (Å²) in [5.41, 5.74) is 0.860. The minimum absolute atomic E-state index is 0.281. The van der Waals surface area contributed by atoms with Crippen molar-refractivity contribution in [1.82, 2.24) is 9.88 Å². The van der Waals surface area contributed by atoms with Gasteiger partial charge in [-0.1, -0.05) is 13.8 Å². The van der Waals surface area contributed by atoms with Crippen LogP contribution < -0.4 is 0 Å². The molecule has 0 aliphatic heterocycles. The highest BCUT2D eigenvalue weighted by atomic mass is 32.2. The molecule has 0 atom stereocenters. The lowest BCUT2D eigenvalue weighted by Crippen LogP contribution is -2.25. The molecule has 18 heavy (non-hydrogen) atoms. The zero-order valence-electron chi connectivity index (χ0n) is 11.1. The summed E-state index contributed by atoms with van der Waals surface area (Å²) in [4.78, 5) is 17.5. The molecule has 0 saturated heterocycles. The van der Waals surface area contributed by atoms with Gasteiger partial charge in [-0.05, 0) is 32.1 Å². The van der Waals surface area contributed by atoms with E-state index in [0.29, 0.717) is 5.69 Å². The lowest BCUT2D eigenvalue weighted by molar-refractivity contribution is 0.0695. The number of aromatic nitrogens is 1. The Labute approximate surface area is 112 Å². The van der Waals surface area contributed by atoms with Gasteiger partial charge in [0.15, 0.2) is 0 Å². The van der Waals surface area contributed by atoms with E-state index in [1.54, 1.807) is 30.8 Å². The average Bonchev–Trinajstić information content (AvgIpc) is 2.34. The lowest BCUT2D eigenvalue weighted by atomic mass is 10.2. The van der Waals surface area contributed by atoms with Crippen molar-refractivity contribution >= 4 is 17.7 Å². The minimum atomic E-state index is -0.917. The Balaban J connectivity index is 2.53. The van der Waals surface area contributed by atoms with Crippen molar-refractivity contribution in [3.8, 4) is 0 Å². The van der Waals surface area contributed by atoms with Crippen LogP contribution in [0.15, 0.2) is 17.2 Å². The molecular formula is C13H20N2O2S. The number of hydrogen-bond acceptors (Lipinski definition) is 4. The molecule has 0 amide bonds. The molecule has 1 aromatic rings.